The molecule has 0 amide bonds. The Balaban J connectivity index is 2.14. The fraction of sp³-hybridized carbons (Fsp3) is 0. The molecule has 1 N–H and O–H groups in total. The van der Waals surface area contributed by atoms with Crippen molar-refractivity contribution in [3.63, 3.8) is 0 Å². The maximum absolute atomic E-state index is 10.6. The van der Waals surface area contributed by atoms with Gasteiger partial charge in [0.2, 0.25) is 0 Å². The van der Waals surface area contributed by atoms with Crippen LogP contribution in [-0.2, 0) is 0 Å². The summed E-state index contributed by atoms with van der Waals surface area (Å²) in [4.78, 5) is 22.1. The van der Waals surface area contributed by atoms with E-state index < -0.39 is 0 Å². The highest BCUT2D eigenvalue weighted by atomic mass is 16.1. The maximum atomic E-state index is 10.6. The van der Waals surface area contributed by atoms with Crippen LogP contribution in [0.3, 0.4) is 0 Å². The summed E-state index contributed by atoms with van der Waals surface area (Å²) < 4.78 is 0. The number of nitrogens with zero attached hydrogens (tertiary/aromatic N) is 2. The molecule has 0 aliphatic rings. The van der Waals surface area contributed by atoms with Crippen LogP contribution >= 0.6 is 0 Å². The minimum atomic E-state index is 0.544. The van der Waals surface area contributed by atoms with Gasteiger partial charge in [-0.3, -0.25) is 4.79 Å². The molecule has 0 saturated heterocycles. The summed E-state index contributed by atoms with van der Waals surface area (Å²) in [6, 6.07) is 9.50. The predicted molar refractivity (Wildman–Crippen MR) is 64.7 cm³/mol. The molecule has 4 nitrogen and oxygen atoms in total. The first-order valence-corrected chi connectivity index (χ1v) is 5.22. The highest BCUT2D eigenvalue weighted by Gasteiger charge is 2.04. The van der Waals surface area contributed by atoms with Crippen LogP contribution in [0.5, 0.6) is 0 Å². The standard InChI is InChI=1S/C13H9N3O/c17-8-11-6-10(7-15-11)12-4-3-9-2-1-5-14-13(9)16-12/h1-8,15H. The molecule has 3 rings (SSSR count). The summed E-state index contributed by atoms with van der Waals surface area (Å²) in [5.74, 6) is 0. The third-order valence-electron chi connectivity index (χ3n) is 2.59. The second-order valence-corrected chi connectivity index (χ2v) is 3.71. The van der Waals surface area contributed by atoms with Crippen LogP contribution < -0.4 is 0 Å². The third kappa shape index (κ3) is 1.69. The molecular weight excluding hydrogens is 214 g/mol. The highest BCUT2D eigenvalue weighted by Crippen LogP contribution is 2.20. The van der Waals surface area contributed by atoms with Crippen molar-refractivity contribution < 1.29 is 4.79 Å². The van der Waals surface area contributed by atoms with Gasteiger partial charge in [0, 0.05) is 23.3 Å². The normalized spacial score (nSPS) is 10.6. The number of carbonyl (C=O) groups excluding carboxylic acids is 1. The molecule has 0 unspecified atom stereocenters. The molecule has 0 saturated carbocycles. The highest BCUT2D eigenvalue weighted by molar-refractivity contribution is 5.80. The Kier molecular flexibility index (Phi) is 2.19. The Bertz CT molecular complexity index is 688. The summed E-state index contributed by atoms with van der Waals surface area (Å²) in [5, 5.41) is 1.00. The van der Waals surface area contributed by atoms with Crippen molar-refractivity contribution in [1.29, 1.82) is 0 Å². The van der Waals surface area contributed by atoms with E-state index in [-0.39, 0.29) is 0 Å². The van der Waals surface area contributed by atoms with Crippen LogP contribution in [0.1, 0.15) is 10.5 Å². The van der Waals surface area contributed by atoms with Gasteiger partial charge >= 0.3 is 0 Å². The van der Waals surface area contributed by atoms with E-state index in [1.54, 1.807) is 18.5 Å². The molecule has 0 bridgehead atoms. The van der Waals surface area contributed by atoms with E-state index in [2.05, 4.69) is 15.0 Å². The lowest BCUT2D eigenvalue weighted by atomic mass is 10.2. The lowest BCUT2D eigenvalue weighted by Crippen LogP contribution is -1.85. The molecule has 0 aliphatic carbocycles. The molecule has 4 heteroatoms. The second kappa shape index (κ2) is 3.83. The van der Waals surface area contributed by atoms with Gasteiger partial charge < -0.3 is 4.98 Å². The van der Waals surface area contributed by atoms with Gasteiger partial charge in [-0.15, -0.1) is 0 Å². The van der Waals surface area contributed by atoms with E-state index in [1.807, 2.05) is 24.3 Å². The monoisotopic (exact) mass is 223 g/mol. The van der Waals surface area contributed by atoms with E-state index in [9.17, 15) is 4.79 Å². The maximum Gasteiger partial charge on any atom is 0.166 e. The molecule has 0 radical (unpaired) electrons. The number of carbonyl (C=O) groups is 1. The van der Waals surface area contributed by atoms with Crippen molar-refractivity contribution in [2.24, 2.45) is 0 Å². The van der Waals surface area contributed by atoms with Crippen LogP contribution in [0, 0.1) is 0 Å². The number of fused-ring (bicyclic) bond motifs is 1. The van der Waals surface area contributed by atoms with Gasteiger partial charge in [0.05, 0.1) is 11.4 Å². The van der Waals surface area contributed by atoms with Crippen LogP contribution in [0.4, 0.5) is 0 Å². The summed E-state index contributed by atoms with van der Waals surface area (Å²) in [6.45, 7) is 0. The Hall–Kier alpha value is -2.49. The molecule has 3 aromatic heterocycles. The average molecular weight is 223 g/mol. The quantitative estimate of drug-likeness (QED) is 0.679. The molecule has 0 atom stereocenters. The Labute approximate surface area is 97.3 Å². The zero-order valence-electron chi connectivity index (χ0n) is 8.92. The van der Waals surface area contributed by atoms with Crippen LogP contribution in [0.25, 0.3) is 22.3 Å². The number of aldehydes is 1. The molecule has 0 aromatic carbocycles. The predicted octanol–water partition coefficient (Wildman–Crippen LogP) is 2.44. The molecule has 3 aromatic rings. The van der Waals surface area contributed by atoms with Gasteiger partial charge in [0.25, 0.3) is 0 Å². The smallest absolute Gasteiger partial charge is 0.166 e. The summed E-state index contributed by atoms with van der Waals surface area (Å²) in [5.41, 5.74) is 2.95. The number of aromatic nitrogens is 3. The minimum absolute atomic E-state index is 0.544. The first kappa shape index (κ1) is 9.72. The number of hydrogen-bond acceptors (Lipinski definition) is 3. The van der Waals surface area contributed by atoms with Crippen LogP contribution in [0.2, 0.25) is 0 Å². The van der Waals surface area contributed by atoms with Crippen LogP contribution in [0.15, 0.2) is 42.7 Å². The van der Waals surface area contributed by atoms with Crippen molar-refractivity contribution in [1.82, 2.24) is 15.0 Å². The molecule has 0 aliphatic heterocycles. The number of pyridine rings is 2. The van der Waals surface area contributed by atoms with Crippen LogP contribution in [-0.4, -0.2) is 21.2 Å². The average Bonchev–Trinajstić information content (AvgIpc) is 2.87. The van der Waals surface area contributed by atoms with E-state index >= 15 is 0 Å². The lowest BCUT2D eigenvalue weighted by Gasteiger charge is -1.99. The molecule has 0 fully saturated rings. The van der Waals surface area contributed by atoms with Gasteiger partial charge in [0.15, 0.2) is 11.9 Å². The molecule has 3 heterocycles. The van der Waals surface area contributed by atoms with Gasteiger partial charge in [-0.1, -0.05) is 0 Å². The van der Waals surface area contributed by atoms with Gasteiger partial charge in [0.1, 0.15) is 0 Å². The third-order valence-corrected chi connectivity index (χ3v) is 2.59. The van der Waals surface area contributed by atoms with E-state index in [1.165, 1.54) is 0 Å². The second-order valence-electron chi connectivity index (χ2n) is 3.71. The minimum Gasteiger partial charge on any atom is -0.358 e. The largest absolute Gasteiger partial charge is 0.358 e. The van der Waals surface area contributed by atoms with Gasteiger partial charge in [-0.25, -0.2) is 9.97 Å². The molecular formula is C13H9N3O. The Morgan fingerprint density at radius 1 is 1.24 bits per heavy atom. The van der Waals surface area contributed by atoms with Crippen molar-refractivity contribution in [2.75, 3.05) is 0 Å². The lowest BCUT2D eigenvalue weighted by molar-refractivity contribution is 0.111. The van der Waals surface area contributed by atoms with Crippen molar-refractivity contribution in [3.05, 3.63) is 48.4 Å². The summed E-state index contributed by atoms with van der Waals surface area (Å²) in [7, 11) is 0. The number of nitrogens with one attached hydrogen (secondary N) is 1. The fourth-order valence-corrected chi connectivity index (χ4v) is 1.74. The zero-order chi connectivity index (χ0) is 11.7. The number of aromatic amines is 1. The fourth-order valence-electron chi connectivity index (χ4n) is 1.74. The van der Waals surface area contributed by atoms with Crippen molar-refractivity contribution in [3.8, 4) is 11.3 Å². The zero-order valence-corrected chi connectivity index (χ0v) is 8.92. The SMILES string of the molecule is O=Cc1cc(-c2ccc3cccnc3n2)c[nH]1. The molecule has 82 valence electrons. The molecule has 17 heavy (non-hydrogen) atoms. The summed E-state index contributed by atoms with van der Waals surface area (Å²) in [6.07, 6.45) is 4.26. The Morgan fingerprint density at radius 2 is 2.18 bits per heavy atom. The van der Waals surface area contributed by atoms with E-state index in [4.69, 9.17) is 0 Å². The first-order valence-electron chi connectivity index (χ1n) is 5.22. The number of H-pyrrole nitrogens is 1. The Morgan fingerprint density at radius 3 is 3.00 bits per heavy atom. The first-order chi connectivity index (χ1) is 8.36. The van der Waals surface area contributed by atoms with E-state index in [0.717, 1.165) is 22.9 Å². The van der Waals surface area contributed by atoms with Gasteiger partial charge in [-0.05, 0) is 30.3 Å². The topological polar surface area (TPSA) is 58.6 Å². The number of hydrogen-bond donors (Lipinski definition) is 1. The van der Waals surface area contributed by atoms with E-state index in [0.29, 0.717) is 11.3 Å². The number of rotatable bonds is 2. The van der Waals surface area contributed by atoms with Crippen molar-refractivity contribution >= 4 is 17.3 Å². The summed E-state index contributed by atoms with van der Waals surface area (Å²) >= 11 is 0. The van der Waals surface area contributed by atoms with Crippen molar-refractivity contribution in [2.45, 2.75) is 0 Å². The van der Waals surface area contributed by atoms with Gasteiger partial charge in [-0.2, -0.15) is 0 Å². The molecule has 0 spiro atoms.